The summed E-state index contributed by atoms with van der Waals surface area (Å²) >= 11 is 11.6. The first-order valence-electron chi connectivity index (χ1n) is 8.63. The van der Waals surface area contributed by atoms with Gasteiger partial charge in [-0.15, -0.1) is 0 Å². The number of carbonyl (C=O) groups is 1. The Morgan fingerprint density at radius 3 is 2.50 bits per heavy atom. The Balaban J connectivity index is 2.08. The number of nitrogens with one attached hydrogen (secondary N) is 1. The van der Waals surface area contributed by atoms with Crippen molar-refractivity contribution in [2.24, 2.45) is 5.92 Å². The van der Waals surface area contributed by atoms with Gasteiger partial charge >= 0.3 is 5.97 Å². The van der Waals surface area contributed by atoms with E-state index in [9.17, 15) is 4.79 Å². The molecule has 0 fully saturated rings. The predicted molar refractivity (Wildman–Crippen MR) is 103 cm³/mol. The lowest BCUT2D eigenvalue weighted by Gasteiger charge is -2.16. The highest BCUT2D eigenvalue weighted by molar-refractivity contribution is 6.31. The number of benzene rings is 1. The smallest absolute Gasteiger partial charge is 0.340 e. The van der Waals surface area contributed by atoms with Crippen LogP contribution in [-0.2, 0) is 4.74 Å². The van der Waals surface area contributed by atoms with Crippen LogP contribution in [0.3, 0.4) is 0 Å². The summed E-state index contributed by atoms with van der Waals surface area (Å²) in [6, 6.07) is 6.97. The summed E-state index contributed by atoms with van der Waals surface area (Å²) in [5.41, 5.74) is 0.906. The SMILES string of the molecule is CCCCC(CC)COC(=O)c1ccccc1Nc1nc(Cl)nc(Cl)n1. The molecule has 0 saturated heterocycles. The highest BCUT2D eigenvalue weighted by Crippen LogP contribution is 2.22. The first-order chi connectivity index (χ1) is 12.5. The van der Waals surface area contributed by atoms with E-state index in [2.05, 4.69) is 34.1 Å². The molecule has 0 radical (unpaired) electrons. The summed E-state index contributed by atoms with van der Waals surface area (Å²) in [6.07, 6.45) is 4.31. The van der Waals surface area contributed by atoms with E-state index in [0.29, 0.717) is 23.8 Å². The molecule has 2 aromatic rings. The Morgan fingerprint density at radius 1 is 1.15 bits per heavy atom. The van der Waals surface area contributed by atoms with Crippen LogP contribution in [-0.4, -0.2) is 27.5 Å². The van der Waals surface area contributed by atoms with Crippen molar-refractivity contribution in [3.8, 4) is 0 Å². The zero-order valence-corrected chi connectivity index (χ0v) is 16.3. The van der Waals surface area contributed by atoms with Crippen LogP contribution >= 0.6 is 23.2 Å². The molecule has 26 heavy (non-hydrogen) atoms. The number of anilines is 2. The third-order valence-electron chi connectivity index (χ3n) is 3.97. The van der Waals surface area contributed by atoms with E-state index in [1.165, 1.54) is 0 Å². The van der Waals surface area contributed by atoms with Crippen LogP contribution in [0.2, 0.25) is 10.6 Å². The summed E-state index contributed by atoms with van der Waals surface area (Å²) in [6.45, 7) is 4.67. The number of nitrogens with zero attached hydrogens (tertiary/aromatic N) is 3. The van der Waals surface area contributed by atoms with Gasteiger partial charge in [-0.3, -0.25) is 0 Å². The van der Waals surface area contributed by atoms with Crippen LogP contribution in [0.5, 0.6) is 0 Å². The topological polar surface area (TPSA) is 77.0 Å². The van der Waals surface area contributed by atoms with Crippen LogP contribution < -0.4 is 5.32 Å². The lowest BCUT2D eigenvalue weighted by atomic mass is 10.0. The predicted octanol–water partition coefficient (Wildman–Crippen LogP) is 5.30. The average Bonchev–Trinajstić information content (AvgIpc) is 2.61. The maximum absolute atomic E-state index is 12.5. The molecule has 1 aromatic heterocycles. The van der Waals surface area contributed by atoms with Gasteiger partial charge in [0.2, 0.25) is 16.5 Å². The lowest BCUT2D eigenvalue weighted by molar-refractivity contribution is 0.0429. The minimum absolute atomic E-state index is 0.0331. The zero-order chi connectivity index (χ0) is 18.9. The van der Waals surface area contributed by atoms with Crippen LogP contribution in [0, 0.1) is 5.92 Å². The van der Waals surface area contributed by atoms with Crippen LogP contribution in [0.25, 0.3) is 0 Å². The van der Waals surface area contributed by atoms with Crippen molar-refractivity contribution < 1.29 is 9.53 Å². The lowest BCUT2D eigenvalue weighted by Crippen LogP contribution is -2.15. The Bertz CT molecular complexity index is 723. The van der Waals surface area contributed by atoms with E-state index in [1.54, 1.807) is 24.3 Å². The second kappa shape index (κ2) is 10.3. The highest BCUT2D eigenvalue weighted by Gasteiger charge is 2.16. The number of esters is 1. The Morgan fingerprint density at radius 2 is 1.85 bits per heavy atom. The van der Waals surface area contributed by atoms with Crippen molar-refractivity contribution in [1.82, 2.24) is 15.0 Å². The number of rotatable bonds is 9. The molecule has 0 aliphatic heterocycles. The summed E-state index contributed by atoms with van der Waals surface area (Å²) in [5.74, 6) is 0.138. The van der Waals surface area contributed by atoms with Gasteiger partial charge in [0.15, 0.2) is 0 Å². The molecule has 1 aromatic carbocycles. The van der Waals surface area contributed by atoms with Crippen molar-refractivity contribution >= 4 is 40.8 Å². The van der Waals surface area contributed by atoms with E-state index < -0.39 is 5.97 Å². The van der Waals surface area contributed by atoms with E-state index in [4.69, 9.17) is 27.9 Å². The van der Waals surface area contributed by atoms with Gasteiger partial charge in [-0.25, -0.2) is 4.79 Å². The Kier molecular flexibility index (Phi) is 8.06. The van der Waals surface area contributed by atoms with Gasteiger partial charge in [0, 0.05) is 0 Å². The van der Waals surface area contributed by atoms with Gasteiger partial charge in [0.1, 0.15) is 0 Å². The second-order valence-electron chi connectivity index (χ2n) is 5.88. The number of para-hydroxylation sites is 1. The van der Waals surface area contributed by atoms with Crippen molar-refractivity contribution in [3.63, 3.8) is 0 Å². The van der Waals surface area contributed by atoms with Gasteiger partial charge in [-0.1, -0.05) is 45.2 Å². The van der Waals surface area contributed by atoms with Gasteiger partial charge in [-0.2, -0.15) is 15.0 Å². The third kappa shape index (κ3) is 6.11. The monoisotopic (exact) mass is 396 g/mol. The second-order valence-corrected chi connectivity index (χ2v) is 6.56. The van der Waals surface area contributed by atoms with Gasteiger partial charge in [0.25, 0.3) is 0 Å². The molecule has 1 unspecified atom stereocenters. The fourth-order valence-electron chi connectivity index (χ4n) is 2.44. The maximum Gasteiger partial charge on any atom is 0.340 e. The average molecular weight is 397 g/mol. The normalized spacial score (nSPS) is 11.8. The number of hydrogen-bond donors (Lipinski definition) is 1. The van der Waals surface area contributed by atoms with Crippen molar-refractivity contribution in [2.75, 3.05) is 11.9 Å². The molecule has 8 heteroatoms. The molecular weight excluding hydrogens is 375 g/mol. The molecule has 0 aliphatic rings. The highest BCUT2D eigenvalue weighted by atomic mass is 35.5. The number of ether oxygens (including phenoxy) is 1. The van der Waals surface area contributed by atoms with Crippen molar-refractivity contribution in [3.05, 3.63) is 40.4 Å². The van der Waals surface area contributed by atoms with E-state index >= 15 is 0 Å². The Hall–Kier alpha value is -1.92. The number of unbranched alkanes of at least 4 members (excludes halogenated alkanes) is 1. The largest absolute Gasteiger partial charge is 0.462 e. The minimum Gasteiger partial charge on any atom is -0.462 e. The van der Waals surface area contributed by atoms with Gasteiger partial charge in [-0.05, 0) is 47.7 Å². The quantitative estimate of drug-likeness (QED) is 0.579. The van der Waals surface area contributed by atoms with E-state index in [1.807, 2.05) is 0 Å². The van der Waals surface area contributed by atoms with E-state index in [0.717, 1.165) is 25.7 Å². The third-order valence-corrected chi connectivity index (χ3v) is 4.31. The van der Waals surface area contributed by atoms with E-state index in [-0.39, 0.29) is 16.5 Å². The maximum atomic E-state index is 12.5. The summed E-state index contributed by atoms with van der Waals surface area (Å²) in [7, 11) is 0. The summed E-state index contributed by atoms with van der Waals surface area (Å²) in [4.78, 5) is 24.1. The van der Waals surface area contributed by atoms with Crippen LogP contribution in [0.4, 0.5) is 11.6 Å². The summed E-state index contributed by atoms with van der Waals surface area (Å²) < 4.78 is 5.52. The molecule has 2 rings (SSSR count). The molecule has 6 nitrogen and oxygen atoms in total. The number of hydrogen-bond acceptors (Lipinski definition) is 6. The first-order valence-corrected chi connectivity index (χ1v) is 9.39. The molecular formula is C18H22Cl2N4O2. The summed E-state index contributed by atoms with van der Waals surface area (Å²) in [5, 5.41) is 2.87. The molecule has 0 spiro atoms. The minimum atomic E-state index is -0.394. The molecule has 1 heterocycles. The number of halogens is 2. The standard InChI is InChI=1S/C18H22Cl2N4O2/c1-3-5-8-12(4-2)11-26-15(25)13-9-6-7-10-14(13)21-18-23-16(19)22-17(20)24-18/h6-7,9-10,12H,3-5,8,11H2,1-2H3,(H,21,22,23,24). The molecule has 0 bridgehead atoms. The van der Waals surface area contributed by atoms with Crippen molar-refractivity contribution in [1.29, 1.82) is 0 Å². The number of aromatic nitrogens is 3. The van der Waals surface area contributed by atoms with Crippen molar-refractivity contribution in [2.45, 2.75) is 39.5 Å². The molecule has 1 atom stereocenters. The molecule has 0 saturated carbocycles. The van der Waals surface area contributed by atoms with Crippen LogP contribution in [0.1, 0.15) is 49.9 Å². The van der Waals surface area contributed by atoms with Gasteiger partial charge < -0.3 is 10.1 Å². The molecule has 1 N–H and O–H groups in total. The first kappa shape index (κ1) is 20.4. The van der Waals surface area contributed by atoms with Gasteiger partial charge in [0.05, 0.1) is 17.9 Å². The molecule has 140 valence electrons. The van der Waals surface area contributed by atoms with Crippen LogP contribution in [0.15, 0.2) is 24.3 Å². The fourth-order valence-corrected chi connectivity index (χ4v) is 2.81. The Labute approximate surface area is 163 Å². The molecule has 0 amide bonds. The number of carbonyl (C=O) groups excluding carboxylic acids is 1. The molecule has 0 aliphatic carbocycles. The fraction of sp³-hybridized carbons (Fsp3) is 0.444. The zero-order valence-electron chi connectivity index (χ0n) is 14.8.